The Morgan fingerprint density at radius 2 is 1.65 bits per heavy atom. The van der Waals surface area contributed by atoms with Gasteiger partial charge in [-0.3, -0.25) is 0 Å². The number of rotatable bonds is 5. The SMILES string of the molecule is CC(C)(C)OC(=O)NC(CO)Cc1ccc(-c2cc(Cl)cc(Cl)c2)cc1. The van der Waals surface area contributed by atoms with Crippen LogP contribution in [0.15, 0.2) is 42.5 Å². The number of halogens is 2. The molecule has 0 spiro atoms. The van der Waals surface area contributed by atoms with Crippen molar-refractivity contribution in [2.24, 2.45) is 0 Å². The molecule has 2 rings (SSSR count). The molecule has 1 amide bonds. The van der Waals surface area contributed by atoms with Gasteiger partial charge >= 0.3 is 6.09 Å². The molecule has 0 aliphatic carbocycles. The Morgan fingerprint density at radius 3 is 2.15 bits per heavy atom. The molecule has 1 atom stereocenters. The van der Waals surface area contributed by atoms with Crippen molar-refractivity contribution in [3.63, 3.8) is 0 Å². The number of carbonyl (C=O) groups is 1. The Morgan fingerprint density at radius 1 is 1.08 bits per heavy atom. The van der Waals surface area contributed by atoms with Crippen molar-refractivity contribution in [3.05, 3.63) is 58.1 Å². The van der Waals surface area contributed by atoms with Crippen molar-refractivity contribution < 1.29 is 14.6 Å². The summed E-state index contributed by atoms with van der Waals surface area (Å²) in [5, 5.41) is 13.4. The quantitative estimate of drug-likeness (QED) is 0.740. The highest BCUT2D eigenvalue weighted by molar-refractivity contribution is 6.35. The smallest absolute Gasteiger partial charge is 0.407 e. The van der Waals surface area contributed by atoms with Gasteiger partial charge in [-0.15, -0.1) is 0 Å². The van der Waals surface area contributed by atoms with E-state index >= 15 is 0 Å². The van der Waals surface area contributed by atoms with E-state index in [1.807, 2.05) is 36.4 Å². The second-order valence-corrected chi connectivity index (χ2v) is 7.96. The summed E-state index contributed by atoms with van der Waals surface area (Å²) in [6, 6.07) is 12.8. The fourth-order valence-corrected chi connectivity index (χ4v) is 3.00. The van der Waals surface area contributed by atoms with Gasteiger partial charge in [0.15, 0.2) is 0 Å². The molecular formula is C20H23Cl2NO3. The first-order valence-corrected chi connectivity index (χ1v) is 9.07. The van der Waals surface area contributed by atoms with Gasteiger partial charge in [0.25, 0.3) is 0 Å². The summed E-state index contributed by atoms with van der Waals surface area (Å²) in [5.41, 5.74) is 2.32. The molecule has 1 unspecified atom stereocenters. The van der Waals surface area contributed by atoms with Crippen molar-refractivity contribution in [2.45, 2.75) is 38.8 Å². The molecule has 0 heterocycles. The molecule has 0 fully saturated rings. The van der Waals surface area contributed by atoms with Crippen LogP contribution < -0.4 is 5.32 Å². The van der Waals surface area contributed by atoms with Crippen molar-refractivity contribution in [1.82, 2.24) is 5.32 Å². The number of benzene rings is 2. The van der Waals surface area contributed by atoms with Crippen molar-refractivity contribution >= 4 is 29.3 Å². The van der Waals surface area contributed by atoms with Gasteiger partial charge in [0.2, 0.25) is 0 Å². The third kappa shape index (κ3) is 6.52. The third-order valence-corrected chi connectivity index (χ3v) is 4.01. The van der Waals surface area contributed by atoms with Gasteiger partial charge in [0.1, 0.15) is 5.60 Å². The number of nitrogens with one attached hydrogen (secondary N) is 1. The van der Waals surface area contributed by atoms with Crippen LogP contribution in [0.2, 0.25) is 10.0 Å². The average molecular weight is 396 g/mol. The Bertz CT molecular complexity index is 734. The van der Waals surface area contributed by atoms with Crippen LogP contribution in [-0.2, 0) is 11.2 Å². The highest BCUT2D eigenvalue weighted by Gasteiger charge is 2.19. The first-order valence-electron chi connectivity index (χ1n) is 8.32. The van der Waals surface area contributed by atoms with Crippen LogP contribution in [0.5, 0.6) is 0 Å². The molecule has 2 aromatic rings. The minimum atomic E-state index is -0.579. The molecule has 140 valence electrons. The summed E-state index contributed by atoms with van der Waals surface area (Å²) in [7, 11) is 0. The van der Waals surface area contributed by atoms with Crippen molar-refractivity contribution in [3.8, 4) is 11.1 Å². The number of aliphatic hydroxyl groups excluding tert-OH is 1. The van der Waals surface area contributed by atoms with E-state index < -0.39 is 17.7 Å². The lowest BCUT2D eigenvalue weighted by Gasteiger charge is -2.22. The predicted molar refractivity (Wildman–Crippen MR) is 106 cm³/mol. The van der Waals surface area contributed by atoms with Gasteiger partial charge in [-0.1, -0.05) is 47.5 Å². The zero-order valence-electron chi connectivity index (χ0n) is 15.1. The summed E-state index contributed by atoms with van der Waals surface area (Å²) < 4.78 is 5.22. The zero-order valence-corrected chi connectivity index (χ0v) is 16.6. The first-order chi connectivity index (χ1) is 12.2. The molecule has 0 radical (unpaired) electrons. The fourth-order valence-electron chi connectivity index (χ4n) is 2.47. The van der Waals surface area contributed by atoms with Crippen LogP contribution in [0, 0.1) is 0 Å². The van der Waals surface area contributed by atoms with E-state index in [4.69, 9.17) is 27.9 Å². The van der Waals surface area contributed by atoms with E-state index in [0.29, 0.717) is 16.5 Å². The number of ether oxygens (including phenoxy) is 1. The molecule has 6 heteroatoms. The number of hydrogen-bond donors (Lipinski definition) is 2. The van der Waals surface area contributed by atoms with Gasteiger partial charge in [-0.25, -0.2) is 4.79 Å². The molecule has 4 nitrogen and oxygen atoms in total. The van der Waals surface area contributed by atoms with E-state index in [1.54, 1.807) is 26.8 Å². The second kappa shape index (κ2) is 8.76. The maximum atomic E-state index is 11.9. The summed E-state index contributed by atoms with van der Waals surface area (Å²) in [6.07, 6.45) is -0.0477. The van der Waals surface area contributed by atoms with Crippen LogP contribution in [0.4, 0.5) is 4.79 Å². The first kappa shape index (κ1) is 20.6. The number of carbonyl (C=O) groups excluding carboxylic acids is 1. The number of hydrogen-bond acceptors (Lipinski definition) is 3. The average Bonchev–Trinajstić information content (AvgIpc) is 2.52. The summed E-state index contributed by atoms with van der Waals surface area (Å²) in [5.74, 6) is 0. The van der Waals surface area contributed by atoms with Crippen LogP contribution in [-0.4, -0.2) is 29.4 Å². The van der Waals surface area contributed by atoms with Crippen molar-refractivity contribution in [2.75, 3.05) is 6.61 Å². The van der Waals surface area contributed by atoms with E-state index in [0.717, 1.165) is 16.7 Å². The predicted octanol–water partition coefficient (Wildman–Crippen LogP) is 5.09. The fraction of sp³-hybridized carbons (Fsp3) is 0.350. The lowest BCUT2D eigenvalue weighted by atomic mass is 10.0. The second-order valence-electron chi connectivity index (χ2n) is 7.08. The molecule has 0 bridgehead atoms. The summed E-state index contributed by atoms with van der Waals surface area (Å²) in [6.45, 7) is 5.20. The van der Waals surface area contributed by atoms with E-state index in [1.165, 1.54) is 0 Å². The van der Waals surface area contributed by atoms with Crippen LogP contribution >= 0.6 is 23.2 Å². The van der Waals surface area contributed by atoms with E-state index in [-0.39, 0.29) is 6.61 Å². The number of aliphatic hydroxyl groups is 1. The molecule has 0 saturated carbocycles. The monoisotopic (exact) mass is 395 g/mol. The normalized spacial score (nSPS) is 12.5. The summed E-state index contributed by atoms with van der Waals surface area (Å²) >= 11 is 12.1. The molecule has 0 aliphatic rings. The molecular weight excluding hydrogens is 373 g/mol. The molecule has 0 aromatic heterocycles. The third-order valence-electron chi connectivity index (χ3n) is 3.57. The Balaban J connectivity index is 2.04. The van der Waals surface area contributed by atoms with E-state index in [9.17, 15) is 9.90 Å². The molecule has 0 saturated heterocycles. The van der Waals surface area contributed by atoms with Crippen LogP contribution in [0.25, 0.3) is 11.1 Å². The molecule has 2 N–H and O–H groups in total. The van der Waals surface area contributed by atoms with Gasteiger partial charge in [-0.2, -0.15) is 0 Å². The largest absolute Gasteiger partial charge is 0.444 e. The van der Waals surface area contributed by atoms with Crippen LogP contribution in [0.3, 0.4) is 0 Å². The van der Waals surface area contributed by atoms with Crippen molar-refractivity contribution in [1.29, 1.82) is 0 Å². The highest BCUT2D eigenvalue weighted by atomic mass is 35.5. The summed E-state index contributed by atoms with van der Waals surface area (Å²) in [4.78, 5) is 11.9. The van der Waals surface area contributed by atoms with Gasteiger partial charge in [-0.05, 0) is 62.1 Å². The minimum absolute atomic E-state index is 0.176. The molecule has 0 aliphatic heterocycles. The molecule has 26 heavy (non-hydrogen) atoms. The Kier molecular flexibility index (Phi) is 6.93. The lowest BCUT2D eigenvalue weighted by Crippen LogP contribution is -2.42. The minimum Gasteiger partial charge on any atom is -0.444 e. The topological polar surface area (TPSA) is 58.6 Å². The van der Waals surface area contributed by atoms with Gasteiger partial charge in [0.05, 0.1) is 12.6 Å². The standard InChI is InChI=1S/C20H23Cl2NO3/c1-20(2,3)26-19(25)23-18(12-24)8-13-4-6-14(7-5-13)15-9-16(21)11-17(22)10-15/h4-7,9-11,18,24H,8,12H2,1-3H3,(H,23,25). The van der Waals surface area contributed by atoms with Gasteiger partial charge in [0, 0.05) is 10.0 Å². The molecule has 2 aromatic carbocycles. The highest BCUT2D eigenvalue weighted by Crippen LogP contribution is 2.27. The number of amides is 1. The zero-order chi connectivity index (χ0) is 19.3. The van der Waals surface area contributed by atoms with Crippen LogP contribution in [0.1, 0.15) is 26.3 Å². The Hall–Kier alpha value is -1.75. The maximum Gasteiger partial charge on any atom is 0.407 e. The Labute approximate surface area is 164 Å². The number of alkyl carbamates (subject to hydrolysis) is 1. The van der Waals surface area contributed by atoms with E-state index in [2.05, 4.69) is 5.32 Å². The van der Waals surface area contributed by atoms with Gasteiger partial charge < -0.3 is 15.2 Å². The lowest BCUT2D eigenvalue weighted by molar-refractivity contribution is 0.0483. The maximum absolute atomic E-state index is 11.9.